The second-order valence-corrected chi connectivity index (χ2v) is 5.66. The summed E-state index contributed by atoms with van der Waals surface area (Å²) in [6.45, 7) is 3.70. The molecule has 4 heteroatoms. The molecule has 0 amide bonds. The fourth-order valence-electron chi connectivity index (χ4n) is 1.67. The number of hydrogen-bond donors (Lipinski definition) is 1. The number of aliphatic hydroxyl groups excluding tert-OH is 1. The number of rotatable bonds is 3. The number of aryl methyl sites for hydroxylation is 1. The lowest BCUT2D eigenvalue weighted by Crippen LogP contribution is -1.93. The van der Waals surface area contributed by atoms with Crippen molar-refractivity contribution in [3.05, 3.63) is 57.0 Å². The number of benzene rings is 2. The second kappa shape index (κ2) is 5.95. The van der Waals surface area contributed by atoms with Crippen molar-refractivity contribution in [1.29, 1.82) is 0 Å². The molecule has 0 spiro atoms. The highest BCUT2D eigenvalue weighted by Crippen LogP contribution is 2.35. The smallest absolute Gasteiger partial charge is 0.146 e. The van der Waals surface area contributed by atoms with E-state index < -0.39 is 6.10 Å². The molecule has 100 valence electrons. The second-order valence-electron chi connectivity index (χ2n) is 4.40. The molecule has 0 saturated heterocycles. The van der Waals surface area contributed by atoms with E-state index >= 15 is 0 Å². The van der Waals surface area contributed by atoms with Gasteiger partial charge in [-0.05, 0) is 65.2 Å². The van der Waals surface area contributed by atoms with Crippen molar-refractivity contribution in [2.24, 2.45) is 0 Å². The minimum absolute atomic E-state index is 0.507. The predicted molar refractivity (Wildman–Crippen MR) is 81.0 cm³/mol. The molecule has 0 bridgehead atoms. The van der Waals surface area contributed by atoms with E-state index in [0.717, 1.165) is 15.6 Å². The third-order valence-corrected chi connectivity index (χ3v) is 3.68. The van der Waals surface area contributed by atoms with Crippen LogP contribution < -0.4 is 4.74 Å². The van der Waals surface area contributed by atoms with E-state index in [1.54, 1.807) is 6.92 Å². The summed E-state index contributed by atoms with van der Waals surface area (Å²) < 4.78 is 6.58. The Morgan fingerprint density at radius 2 is 1.89 bits per heavy atom. The molecule has 0 aromatic heterocycles. The van der Waals surface area contributed by atoms with Crippen LogP contribution in [0.4, 0.5) is 0 Å². The lowest BCUT2D eigenvalue weighted by Gasteiger charge is -2.12. The molecule has 1 N–H and O–H groups in total. The van der Waals surface area contributed by atoms with Crippen LogP contribution in [0.1, 0.15) is 24.2 Å². The molecule has 2 nitrogen and oxygen atoms in total. The average molecular weight is 342 g/mol. The van der Waals surface area contributed by atoms with Crippen molar-refractivity contribution < 1.29 is 9.84 Å². The molecule has 2 aromatic carbocycles. The summed E-state index contributed by atoms with van der Waals surface area (Å²) in [5.74, 6) is 1.28. The van der Waals surface area contributed by atoms with Gasteiger partial charge in [0.05, 0.1) is 15.6 Å². The van der Waals surface area contributed by atoms with Gasteiger partial charge in [-0.15, -0.1) is 0 Å². The molecule has 0 unspecified atom stereocenters. The van der Waals surface area contributed by atoms with Crippen LogP contribution in [0.5, 0.6) is 11.5 Å². The summed E-state index contributed by atoms with van der Waals surface area (Å²) in [6.07, 6.45) is -0.507. The monoisotopic (exact) mass is 340 g/mol. The van der Waals surface area contributed by atoms with Gasteiger partial charge in [-0.3, -0.25) is 0 Å². The maximum Gasteiger partial charge on any atom is 0.146 e. The predicted octanol–water partition coefficient (Wildman–Crippen LogP) is 5.26. The van der Waals surface area contributed by atoms with Crippen LogP contribution in [0.2, 0.25) is 5.02 Å². The lowest BCUT2D eigenvalue weighted by molar-refractivity contribution is 0.199. The molecule has 19 heavy (non-hydrogen) atoms. The van der Waals surface area contributed by atoms with Crippen molar-refractivity contribution in [1.82, 2.24) is 0 Å². The van der Waals surface area contributed by atoms with Crippen molar-refractivity contribution in [2.75, 3.05) is 0 Å². The van der Waals surface area contributed by atoms with Crippen LogP contribution in [0, 0.1) is 6.92 Å². The van der Waals surface area contributed by atoms with Gasteiger partial charge < -0.3 is 9.84 Å². The number of halogens is 2. The van der Waals surface area contributed by atoms with Gasteiger partial charge in [0.15, 0.2) is 0 Å². The first-order valence-electron chi connectivity index (χ1n) is 5.89. The van der Waals surface area contributed by atoms with Crippen molar-refractivity contribution >= 4 is 27.5 Å². The molecule has 1 atom stereocenters. The molecule has 0 saturated carbocycles. The molecule has 0 aliphatic carbocycles. The Balaban J connectivity index is 2.31. The van der Waals surface area contributed by atoms with E-state index in [9.17, 15) is 5.11 Å². The minimum atomic E-state index is -0.507. The first-order chi connectivity index (χ1) is 8.97. The Bertz CT molecular complexity index is 597. The Labute approximate surface area is 126 Å². The van der Waals surface area contributed by atoms with E-state index in [2.05, 4.69) is 15.9 Å². The third-order valence-electron chi connectivity index (χ3n) is 2.74. The topological polar surface area (TPSA) is 29.5 Å². The standard InChI is InChI=1S/C15H14BrClO2/c1-9-3-5-13(17)15(7-9)19-14-6-4-11(10(2)18)8-12(14)16/h3-8,10,18H,1-2H3/t10-/m1/s1. The normalized spacial score (nSPS) is 12.3. The quantitative estimate of drug-likeness (QED) is 0.825. The molecule has 2 aromatic rings. The van der Waals surface area contributed by atoms with Crippen LogP contribution in [-0.4, -0.2) is 5.11 Å². The molecular weight excluding hydrogens is 328 g/mol. The summed E-state index contributed by atoms with van der Waals surface area (Å²) in [6, 6.07) is 11.1. The fourth-order valence-corrected chi connectivity index (χ4v) is 2.30. The zero-order valence-electron chi connectivity index (χ0n) is 10.7. The largest absolute Gasteiger partial charge is 0.455 e. The number of ether oxygens (including phenoxy) is 1. The maximum atomic E-state index is 9.53. The Morgan fingerprint density at radius 3 is 2.53 bits per heavy atom. The number of hydrogen-bond acceptors (Lipinski definition) is 2. The van der Waals surface area contributed by atoms with Crippen molar-refractivity contribution in [3.8, 4) is 11.5 Å². The summed E-state index contributed by atoms with van der Waals surface area (Å²) in [4.78, 5) is 0. The zero-order chi connectivity index (χ0) is 14.0. The highest BCUT2D eigenvalue weighted by molar-refractivity contribution is 9.10. The third kappa shape index (κ3) is 3.50. The van der Waals surface area contributed by atoms with Gasteiger partial charge in [0.25, 0.3) is 0 Å². The summed E-state index contributed by atoms with van der Waals surface area (Å²) in [5, 5.41) is 10.1. The first-order valence-corrected chi connectivity index (χ1v) is 7.06. The van der Waals surface area contributed by atoms with E-state index in [1.807, 2.05) is 43.3 Å². The highest BCUT2D eigenvalue weighted by Gasteiger charge is 2.09. The summed E-state index contributed by atoms with van der Waals surface area (Å²) >= 11 is 9.54. The van der Waals surface area contributed by atoms with E-state index in [-0.39, 0.29) is 0 Å². The SMILES string of the molecule is Cc1ccc(Cl)c(Oc2ccc([C@@H](C)O)cc2Br)c1. The molecule has 0 aliphatic rings. The first kappa shape index (κ1) is 14.4. The average Bonchev–Trinajstić information content (AvgIpc) is 2.36. The maximum absolute atomic E-state index is 9.53. The summed E-state index contributed by atoms with van der Waals surface area (Å²) in [5.41, 5.74) is 1.91. The van der Waals surface area contributed by atoms with Gasteiger partial charge in [-0.2, -0.15) is 0 Å². The molecule has 0 radical (unpaired) electrons. The van der Waals surface area contributed by atoms with Crippen LogP contribution in [0.15, 0.2) is 40.9 Å². The molecule has 0 aliphatic heterocycles. The van der Waals surface area contributed by atoms with Crippen molar-refractivity contribution in [3.63, 3.8) is 0 Å². The Morgan fingerprint density at radius 1 is 1.16 bits per heavy atom. The Kier molecular flexibility index (Phi) is 4.50. The highest BCUT2D eigenvalue weighted by atomic mass is 79.9. The van der Waals surface area contributed by atoms with Gasteiger partial charge >= 0.3 is 0 Å². The van der Waals surface area contributed by atoms with Gasteiger partial charge in [0.1, 0.15) is 11.5 Å². The molecular formula is C15H14BrClO2. The summed E-state index contributed by atoms with van der Waals surface area (Å²) in [7, 11) is 0. The lowest BCUT2D eigenvalue weighted by atomic mass is 10.1. The van der Waals surface area contributed by atoms with Gasteiger partial charge in [0, 0.05) is 0 Å². The Hall–Kier alpha value is -1.03. The van der Waals surface area contributed by atoms with Gasteiger partial charge in [0.2, 0.25) is 0 Å². The van der Waals surface area contributed by atoms with E-state index in [4.69, 9.17) is 16.3 Å². The van der Waals surface area contributed by atoms with Crippen molar-refractivity contribution in [2.45, 2.75) is 20.0 Å². The van der Waals surface area contributed by atoms with Crippen LogP contribution in [0.25, 0.3) is 0 Å². The molecule has 2 rings (SSSR count). The number of aliphatic hydroxyl groups is 1. The minimum Gasteiger partial charge on any atom is -0.455 e. The molecule has 0 fully saturated rings. The zero-order valence-corrected chi connectivity index (χ0v) is 13.0. The van der Waals surface area contributed by atoms with E-state index in [1.165, 1.54) is 0 Å². The van der Waals surface area contributed by atoms with E-state index in [0.29, 0.717) is 16.5 Å². The molecule has 0 heterocycles. The van der Waals surface area contributed by atoms with Crippen LogP contribution in [0.3, 0.4) is 0 Å². The van der Waals surface area contributed by atoms with Gasteiger partial charge in [-0.25, -0.2) is 0 Å². The van der Waals surface area contributed by atoms with Crippen LogP contribution >= 0.6 is 27.5 Å². The van der Waals surface area contributed by atoms with Gasteiger partial charge in [-0.1, -0.05) is 23.7 Å². The van der Waals surface area contributed by atoms with Crippen LogP contribution in [-0.2, 0) is 0 Å². The fraction of sp³-hybridized carbons (Fsp3) is 0.200.